The van der Waals surface area contributed by atoms with Gasteiger partial charge >= 0.3 is 0 Å². The minimum absolute atomic E-state index is 0.0968. The maximum Gasteiger partial charge on any atom is 0.194 e. The summed E-state index contributed by atoms with van der Waals surface area (Å²) < 4.78 is 79.7. The normalized spacial score (nSPS) is 11.0. The van der Waals surface area contributed by atoms with Crippen molar-refractivity contribution in [2.75, 3.05) is 0 Å². The number of hydrogen-bond acceptors (Lipinski definition) is 1. The van der Waals surface area contributed by atoms with Crippen LogP contribution in [0.3, 0.4) is 0 Å². The Morgan fingerprint density at radius 3 is 1.20 bits per heavy atom. The maximum absolute atomic E-state index is 13.4. The molecule has 0 aliphatic rings. The molecule has 1 N–H and O–H groups in total. The summed E-state index contributed by atoms with van der Waals surface area (Å²) in [4.78, 5) is 0. The Bertz CT molecular complexity index is 862. The van der Waals surface area contributed by atoms with Crippen LogP contribution in [0.2, 0.25) is 0 Å². The zero-order valence-corrected chi connectivity index (χ0v) is 12.3. The summed E-state index contributed by atoms with van der Waals surface area (Å²) in [5, 5.41) is 10.3. The fourth-order valence-electron chi connectivity index (χ4n) is 2.43. The average Bonchev–Trinajstić information content (AvgIpc) is 2.57. The highest BCUT2D eigenvalue weighted by atomic mass is 19.2. The van der Waals surface area contributed by atoms with Gasteiger partial charge in [-0.1, -0.05) is 18.2 Å². The van der Waals surface area contributed by atoms with E-state index in [1.807, 2.05) is 0 Å². The largest absolute Gasteiger partial charge is 0.507 e. The SMILES string of the molecule is Oc1c(-c2cc(F)c(F)c(F)c2)cccc1-c1cc(F)c(F)c(F)c1. The second-order valence-electron chi connectivity index (χ2n) is 5.21. The molecule has 0 aromatic heterocycles. The molecule has 0 spiro atoms. The van der Waals surface area contributed by atoms with Crippen molar-refractivity contribution in [3.8, 4) is 28.0 Å². The molecule has 1 nitrogen and oxygen atoms in total. The van der Waals surface area contributed by atoms with E-state index in [1.54, 1.807) is 0 Å². The van der Waals surface area contributed by atoms with Gasteiger partial charge in [0.05, 0.1) is 0 Å². The van der Waals surface area contributed by atoms with Crippen molar-refractivity contribution in [2.45, 2.75) is 0 Å². The Morgan fingerprint density at radius 1 is 0.560 bits per heavy atom. The number of para-hydroxylation sites is 1. The average molecular weight is 354 g/mol. The maximum atomic E-state index is 13.4. The van der Waals surface area contributed by atoms with Crippen LogP contribution >= 0.6 is 0 Å². The minimum atomic E-state index is -1.66. The third-order valence-electron chi connectivity index (χ3n) is 3.63. The lowest BCUT2D eigenvalue weighted by Crippen LogP contribution is -1.94. The first-order chi connectivity index (χ1) is 11.8. The van der Waals surface area contributed by atoms with Gasteiger partial charge < -0.3 is 5.11 Å². The Kier molecular flexibility index (Phi) is 4.16. The molecule has 0 fully saturated rings. The molecular weight excluding hydrogens is 346 g/mol. The molecule has 3 rings (SSSR count). The van der Waals surface area contributed by atoms with E-state index in [-0.39, 0.29) is 22.3 Å². The van der Waals surface area contributed by atoms with Crippen LogP contribution in [0, 0.1) is 34.9 Å². The third-order valence-corrected chi connectivity index (χ3v) is 3.63. The summed E-state index contributed by atoms with van der Waals surface area (Å²) in [7, 11) is 0. The first-order valence-corrected chi connectivity index (χ1v) is 6.91. The molecule has 0 heterocycles. The zero-order valence-electron chi connectivity index (χ0n) is 12.3. The first-order valence-electron chi connectivity index (χ1n) is 6.91. The van der Waals surface area contributed by atoms with Crippen LogP contribution in [-0.2, 0) is 0 Å². The van der Waals surface area contributed by atoms with E-state index >= 15 is 0 Å². The van der Waals surface area contributed by atoms with Crippen LogP contribution in [0.15, 0.2) is 42.5 Å². The number of aromatic hydroxyl groups is 1. The van der Waals surface area contributed by atoms with Crippen LogP contribution in [0.25, 0.3) is 22.3 Å². The van der Waals surface area contributed by atoms with Crippen molar-refractivity contribution in [2.24, 2.45) is 0 Å². The fourth-order valence-corrected chi connectivity index (χ4v) is 2.43. The highest BCUT2D eigenvalue weighted by Crippen LogP contribution is 2.39. The van der Waals surface area contributed by atoms with Gasteiger partial charge in [0.25, 0.3) is 0 Å². The number of phenolic OH excluding ortho intramolecular Hbond substituents is 1. The van der Waals surface area contributed by atoms with Crippen LogP contribution in [-0.4, -0.2) is 5.11 Å². The summed E-state index contributed by atoms with van der Waals surface area (Å²) in [6.45, 7) is 0. The van der Waals surface area contributed by atoms with Crippen LogP contribution in [0.5, 0.6) is 5.75 Å². The van der Waals surface area contributed by atoms with E-state index in [4.69, 9.17) is 0 Å². The van der Waals surface area contributed by atoms with Crippen molar-refractivity contribution >= 4 is 0 Å². The van der Waals surface area contributed by atoms with Gasteiger partial charge in [-0.05, 0) is 35.4 Å². The van der Waals surface area contributed by atoms with Gasteiger partial charge in [-0.25, -0.2) is 26.3 Å². The number of rotatable bonds is 2. The minimum Gasteiger partial charge on any atom is -0.507 e. The van der Waals surface area contributed by atoms with Gasteiger partial charge in [0.15, 0.2) is 34.9 Å². The molecule has 0 atom stereocenters. The van der Waals surface area contributed by atoms with E-state index < -0.39 is 40.7 Å². The van der Waals surface area contributed by atoms with Gasteiger partial charge in [0.1, 0.15) is 5.75 Å². The molecule has 0 radical (unpaired) electrons. The molecular formula is C18H8F6O. The van der Waals surface area contributed by atoms with E-state index in [1.165, 1.54) is 18.2 Å². The first kappa shape index (κ1) is 16.9. The van der Waals surface area contributed by atoms with Crippen molar-refractivity contribution in [3.63, 3.8) is 0 Å². The number of phenols is 1. The second-order valence-corrected chi connectivity index (χ2v) is 5.21. The topological polar surface area (TPSA) is 20.2 Å². The lowest BCUT2D eigenvalue weighted by molar-refractivity contribution is 0.447. The van der Waals surface area contributed by atoms with Crippen molar-refractivity contribution in [3.05, 3.63) is 77.4 Å². The summed E-state index contributed by atoms with van der Waals surface area (Å²) in [5.41, 5.74) is -0.557. The lowest BCUT2D eigenvalue weighted by atomic mass is 9.97. The highest BCUT2D eigenvalue weighted by Gasteiger charge is 2.18. The molecule has 0 amide bonds. The molecule has 0 aliphatic heterocycles. The molecule has 0 saturated heterocycles. The standard InChI is InChI=1S/C18H8F6O/c19-12-4-8(5-13(20)16(12)23)10-2-1-3-11(18(10)25)9-6-14(21)17(24)15(22)7-9/h1-7,25H. The summed E-state index contributed by atoms with van der Waals surface area (Å²) >= 11 is 0. The quantitative estimate of drug-likeness (QED) is 0.472. The van der Waals surface area contributed by atoms with Gasteiger partial charge in [-0.2, -0.15) is 0 Å². The van der Waals surface area contributed by atoms with Crippen LogP contribution in [0.4, 0.5) is 26.3 Å². The molecule has 25 heavy (non-hydrogen) atoms. The van der Waals surface area contributed by atoms with E-state index in [0.717, 1.165) is 0 Å². The number of hydrogen-bond donors (Lipinski definition) is 1. The van der Waals surface area contributed by atoms with Crippen molar-refractivity contribution in [1.29, 1.82) is 0 Å². The monoisotopic (exact) mass is 354 g/mol. The van der Waals surface area contributed by atoms with Gasteiger partial charge in [0, 0.05) is 11.1 Å². The predicted molar refractivity (Wildman–Crippen MR) is 78.7 cm³/mol. The highest BCUT2D eigenvalue weighted by molar-refractivity contribution is 5.82. The molecule has 3 aromatic rings. The van der Waals surface area contributed by atoms with Crippen molar-refractivity contribution in [1.82, 2.24) is 0 Å². The Balaban J connectivity index is 2.19. The number of benzene rings is 3. The summed E-state index contributed by atoms with van der Waals surface area (Å²) in [6.07, 6.45) is 0. The van der Waals surface area contributed by atoms with Gasteiger partial charge in [0.2, 0.25) is 0 Å². The molecule has 7 heteroatoms. The molecule has 0 saturated carbocycles. The zero-order chi connectivity index (χ0) is 18.3. The van der Waals surface area contributed by atoms with E-state index in [9.17, 15) is 31.4 Å². The Morgan fingerprint density at radius 2 is 0.880 bits per heavy atom. The lowest BCUT2D eigenvalue weighted by Gasteiger charge is -2.11. The smallest absolute Gasteiger partial charge is 0.194 e. The predicted octanol–water partition coefficient (Wildman–Crippen LogP) is 5.56. The van der Waals surface area contributed by atoms with Gasteiger partial charge in [-0.3, -0.25) is 0 Å². The van der Waals surface area contributed by atoms with Crippen LogP contribution in [0.1, 0.15) is 0 Å². The van der Waals surface area contributed by atoms with Gasteiger partial charge in [-0.15, -0.1) is 0 Å². The molecule has 128 valence electrons. The van der Waals surface area contributed by atoms with E-state index in [2.05, 4.69) is 0 Å². The van der Waals surface area contributed by atoms with Crippen LogP contribution < -0.4 is 0 Å². The summed E-state index contributed by atoms with van der Waals surface area (Å²) in [5.74, 6) is -9.72. The summed E-state index contributed by atoms with van der Waals surface area (Å²) in [6, 6.07) is 6.59. The fraction of sp³-hybridized carbons (Fsp3) is 0. The second kappa shape index (κ2) is 6.16. The van der Waals surface area contributed by atoms with Crippen molar-refractivity contribution < 1.29 is 31.4 Å². The number of halogens is 6. The van der Waals surface area contributed by atoms with E-state index in [0.29, 0.717) is 24.3 Å². The molecule has 3 aromatic carbocycles. The third kappa shape index (κ3) is 2.93. The molecule has 0 unspecified atom stereocenters. The Labute approximate surface area is 137 Å². The molecule has 0 bridgehead atoms. The molecule has 0 aliphatic carbocycles. The Hall–Kier alpha value is -2.96.